The van der Waals surface area contributed by atoms with E-state index in [1.165, 1.54) is 24.0 Å². The third kappa shape index (κ3) is 3.60. The van der Waals surface area contributed by atoms with Gasteiger partial charge in [0, 0.05) is 22.1 Å². The molecule has 3 rings (SSSR count). The molecule has 1 N–H and O–H groups in total. The number of benzene rings is 2. The Morgan fingerprint density at radius 2 is 1.71 bits per heavy atom. The Hall–Kier alpha value is -1.02. The van der Waals surface area contributed by atoms with Crippen LogP contribution in [0.25, 0.3) is 0 Å². The van der Waals surface area contributed by atoms with Gasteiger partial charge in [0.25, 0.3) is 0 Å². The molecule has 1 fully saturated rings. The van der Waals surface area contributed by atoms with E-state index in [4.69, 9.17) is 23.2 Å². The van der Waals surface area contributed by atoms with Crippen molar-refractivity contribution in [2.24, 2.45) is 0 Å². The molecule has 1 saturated carbocycles. The van der Waals surface area contributed by atoms with Crippen LogP contribution >= 0.6 is 23.2 Å². The first-order valence-electron chi connectivity index (χ1n) is 7.39. The Bertz CT molecular complexity index is 603. The van der Waals surface area contributed by atoms with Crippen molar-refractivity contribution in [3.05, 3.63) is 69.7 Å². The highest BCUT2D eigenvalue weighted by atomic mass is 35.5. The molecule has 0 radical (unpaired) electrons. The Morgan fingerprint density at radius 1 is 1.00 bits per heavy atom. The molecule has 1 unspecified atom stereocenters. The summed E-state index contributed by atoms with van der Waals surface area (Å²) < 4.78 is 0. The first kappa shape index (κ1) is 14.9. The second kappa shape index (κ2) is 6.39. The number of nitrogens with one attached hydrogen (secondary N) is 1. The number of hydrogen-bond acceptors (Lipinski definition) is 1. The minimum atomic E-state index is 0.354. The van der Waals surface area contributed by atoms with Gasteiger partial charge in [-0.1, -0.05) is 47.5 Å². The Balaban J connectivity index is 1.54. The SMILES string of the molecule is CC(NC1CC(c2cccc(Cl)c2)C1)c1ccc(Cl)cc1. The predicted octanol–water partition coefficient (Wildman–Crippen LogP) is 5.59. The van der Waals surface area contributed by atoms with Gasteiger partial charge >= 0.3 is 0 Å². The topological polar surface area (TPSA) is 12.0 Å². The van der Waals surface area contributed by atoms with Crippen molar-refractivity contribution in [1.29, 1.82) is 0 Å². The van der Waals surface area contributed by atoms with E-state index >= 15 is 0 Å². The van der Waals surface area contributed by atoms with Gasteiger partial charge in [-0.3, -0.25) is 0 Å². The minimum absolute atomic E-state index is 0.354. The number of halogens is 2. The fourth-order valence-corrected chi connectivity index (χ4v) is 3.31. The molecule has 21 heavy (non-hydrogen) atoms. The Labute approximate surface area is 136 Å². The lowest BCUT2D eigenvalue weighted by atomic mass is 9.75. The summed E-state index contributed by atoms with van der Waals surface area (Å²) in [6.45, 7) is 2.20. The van der Waals surface area contributed by atoms with E-state index in [1.54, 1.807) is 0 Å². The van der Waals surface area contributed by atoms with Crippen molar-refractivity contribution < 1.29 is 0 Å². The summed E-state index contributed by atoms with van der Waals surface area (Å²) in [6.07, 6.45) is 2.36. The largest absolute Gasteiger partial charge is 0.307 e. The van der Waals surface area contributed by atoms with Crippen LogP contribution in [-0.2, 0) is 0 Å². The molecule has 1 aliphatic rings. The standard InChI is InChI=1S/C18H19Cl2N/c1-12(13-5-7-16(19)8-6-13)21-18-10-15(11-18)14-3-2-4-17(20)9-14/h2-9,12,15,18,21H,10-11H2,1H3. The lowest BCUT2D eigenvalue weighted by Gasteiger charge is -2.38. The van der Waals surface area contributed by atoms with E-state index in [2.05, 4.69) is 36.5 Å². The van der Waals surface area contributed by atoms with Crippen LogP contribution in [0.4, 0.5) is 0 Å². The molecule has 1 atom stereocenters. The molecule has 2 aromatic carbocycles. The van der Waals surface area contributed by atoms with Gasteiger partial charge in [-0.25, -0.2) is 0 Å². The van der Waals surface area contributed by atoms with Crippen LogP contribution < -0.4 is 5.32 Å². The monoisotopic (exact) mass is 319 g/mol. The maximum atomic E-state index is 6.06. The molecule has 0 saturated heterocycles. The van der Waals surface area contributed by atoms with E-state index in [-0.39, 0.29) is 0 Å². The van der Waals surface area contributed by atoms with E-state index in [9.17, 15) is 0 Å². The molecule has 0 amide bonds. The third-order valence-corrected chi connectivity index (χ3v) is 4.80. The Kier molecular flexibility index (Phi) is 4.54. The minimum Gasteiger partial charge on any atom is -0.307 e. The van der Waals surface area contributed by atoms with Gasteiger partial charge in [0.1, 0.15) is 0 Å². The summed E-state index contributed by atoms with van der Waals surface area (Å²) in [5, 5.41) is 5.31. The summed E-state index contributed by atoms with van der Waals surface area (Å²) >= 11 is 12.0. The first-order chi connectivity index (χ1) is 10.1. The molecule has 110 valence electrons. The number of rotatable bonds is 4. The van der Waals surface area contributed by atoms with E-state index in [0.29, 0.717) is 18.0 Å². The highest BCUT2D eigenvalue weighted by Crippen LogP contribution is 2.38. The smallest absolute Gasteiger partial charge is 0.0408 e. The quantitative estimate of drug-likeness (QED) is 0.774. The fourth-order valence-electron chi connectivity index (χ4n) is 2.99. The van der Waals surface area contributed by atoms with Crippen LogP contribution in [0.15, 0.2) is 48.5 Å². The predicted molar refractivity (Wildman–Crippen MR) is 90.2 cm³/mol. The molecule has 3 heteroatoms. The zero-order chi connectivity index (χ0) is 14.8. The molecule has 0 spiro atoms. The normalized spacial score (nSPS) is 22.6. The van der Waals surface area contributed by atoms with Gasteiger partial charge in [-0.05, 0) is 61.1 Å². The average molecular weight is 320 g/mol. The van der Waals surface area contributed by atoms with Crippen molar-refractivity contribution in [2.75, 3.05) is 0 Å². The molecule has 0 heterocycles. The number of hydrogen-bond donors (Lipinski definition) is 1. The first-order valence-corrected chi connectivity index (χ1v) is 8.14. The summed E-state index contributed by atoms with van der Waals surface area (Å²) in [4.78, 5) is 0. The van der Waals surface area contributed by atoms with Crippen molar-refractivity contribution >= 4 is 23.2 Å². The summed E-state index contributed by atoms with van der Waals surface area (Å²) in [5.74, 6) is 0.638. The van der Waals surface area contributed by atoms with Crippen LogP contribution in [0.1, 0.15) is 42.9 Å². The molecule has 1 nitrogen and oxygen atoms in total. The highest BCUT2D eigenvalue weighted by molar-refractivity contribution is 6.30. The zero-order valence-corrected chi connectivity index (χ0v) is 13.5. The lowest BCUT2D eigenvalue weighted by molar-refractivity contribution is 0.271. The van der Waals surface area contributed by atoms with E-state index < -0.39 is 0 Å². The third-order valence-electron chi connectivity index (χ3n) is 4.31. The Morgan fingerprint density at radius 3 is 2.38 bits per heavy atom. The molecular formula is C18H19Cl2N. The van der Waals surface area contributed by atoms with Crippen LogP contribution in [-0.4, -0.2) is 6.04 Å². The second-order valence-electron chi connectivity index (χ2n) is 5.86. The lowest BCUT2D eigenvalue weighted by Crippen LogP contribution is -2.41. The van der Waals surface area contributed by atoms with Crippen molar-refractivity contribution in [3.8, 4) is 0 Å². The van der Waals surface area contributed by atoms with Crippen molar-refractivity contribution in [3.63, 3.8) is 0 Å². The average Bonchev–Trinajstić information content (AvgIpc) is 2.43. The van der Waals surface area contributed by atoms with Crippen molar-refractivity contribution in [2.45, 2.75) is 37.8 Å². The van der Waals surface area contributed by atoms with Crippen LogP contribution in [0.3, 0.4) is 0 Å². The fraction of sp³-hybridized carbons (Fsp3) is 0.333. The van der Waals surface area contributed by atoms with Crippen LogP contribution in [0.5, 0.6) is 0 Å². The maximum absolute atomic E-state index is 6.06. The van der Waals surface area contributed by atoms with Crippen molar-refractivity contribution in [1.82, 2.24) is 5.32 Å². The van der Waals surface area contributed by atoms with Gasteiger partial charge in [0.2, 0.25) is 0 Å². The molecular weight excluding hydrogens is 301 g/mol. The van der Waals surface area contributed by atoms with Gasteiger partial charge in [-0.2, -0.15) is 0 Å². The maximum Gasteiger partial charge on any atom is 0.0408 e. The highest BCUT2D eigenvalue weighted by Gasteiger charge is 2.31. The van der Waals surface area contributed by atoms with E-state index in [1.807, 2.05) is 24.3 Å². The molecule has 1 aliphatic carbocycles. The van der Waals surface area contributed by atoms with Crippen LogP contribution in [0.2, 0.25) is 10.0 Å². The van der Waals surface area contributed by atoms with Gasteiger partial charge in [-0.15, -0.1) is 0 Å². The second-order valence-corrected chi connectivity index (χ2v) is 6.73. The van der Waals surface area contributed by atoms with Gasteiger partial charge in [0.05, 0.1) is 0 Å². The molecule has 0 bridgehead atoms. The zero-order valence-electron chi connectivity index (χ0n) is 12.0. The molecule has 0 aliphatic heterocycles. The summed E-state index contributed by atoms with van der Waals surface area (Å²) in [7, 11) is 0. The van der Waals surface area contributed by atoms with E-state index in [0.717, 1.165) is 10.0 Å². The van der Waals surface area contributed by atoms with Gasteiger partial charge in [0.15, 0.2) is 0 Å². The summed E-state index contributed by atoms with van der Waals surface area (Å²) in [6, 6.07) is 17.2. The molecule has 0 aromatic heterocycles. The van der Waals surface area contributed by atoms with Gasteiger partial charge < -0.3 is 5.32 Å². The van der Waals surface area contributed by atoms with Crippen LogP contribution in [0, 0.1) is 0 Å². The summed E-state index contributed by atoms with van der Waals surface area (Å²) in [5.41, 5.74) is 2.64. The molecule has 2 aromatic rings.